The van der Waals surface area contributed by atoms with Crippen LogP contribution in [0.2, 0.25) is 5.02 Å². The molecule has 3 rings (SSSR count). The molecule has 0 fully saturated rings. The summed E-state index contributed by atoms with van der Waals surface area (Å²) >= 11 is 10.4. The van der Waals surface area contributed by atoms with Crippen LogP contribution in [0, 0.1) is 3.57 Å². The number of rotatable bonds is 2. The van der Waals surface area contributed by atoms with E-state index in [0.717, 1.165) is 20.0 Å². The monoisotopic (exact) mass is 387 g/mol. The van der Waals surface area contributed by atoms with E-state index in [9.17, 15) is 0 Å². The SMILES string of the molecule is Clc1cc(I)ccc1NC1CSc2ccccc21. The standard InChI is InChI=1S/C14H11ClINS/c15-11-7-9(16)5-6-12(11)17-13-8-18-14-4-2-1-3-10(13)14/h1-7,13,17H,8H2. The van der Waals surface area contributed by atoms with Crippen LogP contribution in [0.1, 0.15) is 11.6 Å². The highest BCUT2D eigenvalue weighted by Crippen LogP contribution is 2.40. The molecular weight excluding hydrogens is 377 g/mol. The summed E-state index contributed by atoms with van der Waals surface area (Å²) in [4.78, 5) is 1.37. The second kappa shape index (κ2) is 5.31. The van der Waals surface area contributed by atoms with Gasteiger partial charge in [0.1, 0.15) is 0 Å². The minimum absolute atomic E-state index is 0.351. The van der Waals surface area contributed by atoms with Crippen LogP contribution in [-0.4, -0.2) is 5.75 Å². The fourth-order valence-corrected chi connectivity index (χ4v) is 4.15. The number of fused-ring (bicyclic) bond motifs is 1. The zero-order chi connectivity index (χ0) is 12.5. The molecule has 0 amide bonds. The van der Waals surface area contributed by atoms with Gasteiger partial charge in [0.25, 0.3) is 0 Å². The summed E-state index contributed by atoms with van der Waals surface area (Å²) in [7, 11) is 0. The summed E-state index contributed by atoms with van der Waals surface area (Å²) in [6, 6.07) is 15.0. The second-order valence-corrected chi connectivity index (χ2v) is 6.88. The highest BCUT2D eigenvalue weighted by molar-refractivity contribution is 14.1. The molecule has 2 aromatic carbocycles. The van der Waals surface area contributed by atoms with Gasteiger partial charge < -0.3 is 5.32 Å². The molecule has 4 heteroatoms. The van der Waals surface area contributed by atoms with Gasteiger partial charge in [-0.05, 0) is 52.4 Å². The number of benzene rings is 2. The first-order valence-electron chi connectivity index (χ1n) is 5.67. The van der Waals surface area contributed by atoms with Crippen molar-refractivity contribution in [3.05, 3.63) is 56.6 Å². The smallest absolute Gasteiger partial charge is 0.0648 e. The van der Waals surface area contributed by atoms with Crippen molar-refractivity contribution in [2.75, 3.05) is 11.1 Å². The lowest BCUT2D eigenvalue weighted by Crippen LogP contribution is -2.10. The lowest BCUT2D eigenvalue weighted by molar-refractivity contribution is 0.900. The highest BCUT2D eigenvalue weighted by atomic mass is 127. The fraction of sp³-hybridized carbons (Fsp3) is 0.143. The van der Waals surface area contributed by atoms with Gasteiger partial charge in [0.05, 0.1) is 16.8 Å². The third-order valence-corrected chi connectivity index (χ3v) is 5.13. The van der Waals surface area contributed by atoms with Gasteiger partial charge in [-0.15, -0.1) is 11.8 Å². The lowest BCUT2D eigenvalue weighted by atomic mass is 10.1. The number of halogens is 2. The average Bonchev–Trinajstić information content (AvgIpc) is 2.76. The van der Waals surface area contributed by atoms with Crippen LogP contribution in [0.25, 0.3) is 0 Å². The maximum atomic E-state index is 6.26. The van der Waals surface area contributed by atoms with Gasteiger partial charge in [-0.25, -0.2) is 0 Å². The van der Waals surface area contributed by atoms with E-state index in [0.29, 0.717) is 6.04 Å². The predicted octanol–water partition coefficient (Wildman–Crippen LogP) is 5.20. The first-order chi connectivity index (χ1) is 8.74. The molecular formula is C14H11ClINS. The van der Waals surface area contributed by atoms with E-state index in [2.05, 4.69) is 64.3 Å². The largest absolute Gasteiger partial charge is 0.376 e. The summed E-state index contributed by atoms with van der Waals surface area (Å²) in [6.45, 7) is 0. The number of hydrogen-bond acceptors (Lipinski definition) is 2. The van der Waals surface area contributed by atoms with Crippen LogP contribution in [0.5, 0.6) is 0 Å². The van der Waals surface area contributed by atoms with Crippen molar-refractivity contribution in [3.63, 3.8) is 0 Å². The third-order valence-electron chi connectivity index (χ3n) is 2.96. The van der Waals surface area contributed by atoms with Gasteiger partial charge in [-0.3, -0.25) is 0 Å². The highest BCUT2D eigenvalue weighted by Gasteiger charge is 2.22. The number of thioether (sulfide) groups is 1. The first-order valence-corrected chi connectivity index (χ1v) is 8.11. The van der Waals surface area contributed by atoms with E-state index in [-0.39, 0.29) is 0 Å². The molecule has 0 saturated heterocycles. The van der Waals surface area contributed by atoms with Crippen molar-refractivity contribution in [1.82, 2.24) is 0 Å². The Labute approximate surface area is 129 Å². The fourth-order valence-electron chi connectivity index (χ4n) is 2.08. The van der Waals surface area contributed by atoms with Crippen LogP contribution in [0.15, 0.2) is 47.4 Å². The molecule has 1 atom stereocenters. The van der Waals surface area contributed by atoms with Gasteiger partial charge in [0.2, 0.25) is 0 Å². The molecule has 0 radical (unpaired) electrons. The maximum Gasteiger partial charge on any atom is 0.0648 e. The van der Waals surface area contributed by atoms with E-state index >= 15 is 0 Å². The average molecular weight is 388 g/mol. The van der Waals surface area contributed by atoms with Gasteiger partial charge in [0.15, 0.2) is 0 Å². The van der Waals surface area contributed by atoms with Crippen molar-refractivity contribution >= 4 is 51.6 Å². The Kier molecular flexibility index (Phi) is 3.73. The summed E-state index contributed by atoms with van der Waals surface area (Å²) in [5.74, 6) is 1.06. The van der Waals surface area contributed by atoms with E-state index in [4.69, 9.17) is 11.6 Å². The Hall–Kier alpha value is -0.390. The van der Waals surface area contributed by atoms with Crippen molar-refractivity contribution in [2.24, 2.45) is 0 Å². The van der Waals surface area contributed by atoms with Gasteiger partial charge >= 0.3 is 0 Å². The van der Waals surface area contributed by atoms with Crippen LogP contribution in [0.3, 0.4) is 0 Å². The molecule has 0 spiro atoms. The van der Waals surface area contributed by atoms with Crippen LogP contribution >= 0.6 is 46.0 Å². The summed E-state index contributed by atoms with van der Waals surface area (Å²) in [6.07, 6.45) is 0. The van der Waals surface area contributed by atoms with Crippen molar-refractivity contribution in [3.8, 4) is 0 Å². The van der Waals surface area contributed by atoms with E-state index in [1.54, 1.807) is 0 Å². The van der Waals surface area contributed by atoms with Crippen molar-refractivity contribution in [2.45, 2.75) is 10.9 Å². The molecule has 1 N–H and O–H groups in total. The Morgan fingerprint density at radius 1 is 1.22 bits per heavy atom. The molecule has 1 aliphatic rings. The second-order valence-electron chi connectivity index (χ2n) is 4.17. The zero-order valence-electron chi connectivity index (χ0n) is 9.49. The molecule has 1 nitrogen and oxygen atoms in total. The van der Waals surface area contributed by atoms with Crippen molar-refractivity contribution in [1.29, 1.82) is 0 Å². The maximum absolute atomic E-state index is 6.26. The zero-order valence-corrected chi connectivity index (χ0v) is 13.2. The van der Waals surface area contributed by atoms with E-state index < -0.39 is 0 Å². The molecule has 0 aliphatic carbocycles. The minimum atomic E-state index is 0.351. The topological polar surface area (TPSA) is 12.0 Å². The van der Waals surface area contributed by atoms with Crippen LogP contribution in [-0.2, 0) is 0 Å². The third kappa shape index (κ3) is 2.49. The molecule has 2 aromatic rings. The first kappa shape index (κ1) is 12.6. The number of hydrogen-bond donors (Lipinski definition) is 1. The molecule has 92 valence electrons. The van der Waals surface area contributed by atoms with Crippen molar-refractivity contribution < 1.29 is 0 Å². The van der Waals surface area contributed by atoms with E-state index in [1.807, 2.05) is 17.8 Å². The van der Waals surface area contributed by atoms with E-state index in [1.165, 1.54) is 10.5 Å². The molecule has 0 bridgehead atoms. The Bertz CT molecular complexity index is 588. The predicted molar refractivity (Wildman–Crippen MR) is 87.7 cm³/mol. The molecule has 1 aliphatic heterocycles. The Balaban J connectivity index is 1.86. The van der Waals surface area contributed by atoms with Gasteiger partial charge in [0, 0.05) is 14.2 Å². The van der Waals surface area contributed by atoms with Gasteiger partial charge in [-0.2, -0.15) is 0 Å². The molecule has 0 aromatic heterocycles. The Morgan fingerprint density at radius 2 is 2.06 bits per heavy atom. The molecule has 1 unspecified atom stereocenters. The van der Waals surface area contributed by atoms with Crippen LogP contribution in [0.4, 0.5) is 5.69 Å². The summed E-state index contributed by atoms with van der Waals surface area (Å²) in [5, 5.41) is 4.32. The number of nitrogens with one attached hydrogen (secondary N) is 1. The molecule has 1 heterocycles. The lowest BCUT2D eigenvalue weighted by Gasteiger charge is -2.16. The quantitative estimate of drug-likeness (QED) is 0.711. The summed E-state index contributed by atoms with van der Waals surface area (Å²) < 4.78 is 1.16. The Morgan fingerprint density at radius 3 is 2.89 bits per heavy atom. The molecule has 0 saturated carbocycles. The minimum Gasteiger partial charge on any atom is -0.376 e. The number of anilines is 1. The molecule has 18 heavy (non-hydrogen) atoms. The summed E-state index contributed by atoms with van der Waals surface area (Å²) in [5.41, 5.74) is 2.39. The normalized spacial score (nSPS) is 17.6. The van der Waals surface area contributed by atoms with Gasteiger partial charge in [-0.1, -0.05) is 29.8 Å². The van der Waals surface area contributed by atoms with Crippen LogP contribution < -0.4 is 5.32 Å².